The number of rotatable bonds is 9. The number of benzene rings is 2. The number of oxazole rings is 1. The zero-order valence-corrected chi connectivity index (χ0v) is 18.4. The second-order valence-electron chi connectivity index (χ2n) is 8.51. The highest BCUT2D eigenvalue weighted by Gasteiger charge is 2.15. The van der Waals surface area contributed by atoms with Crippen LogP contribution in [-0.2, 0) is 16.8 Å². The number of carbonyl (C=O) groups is 1. The van der Waals surface area contributed by atoms with E-state index in [2.05, 4.69) is 26.1 Å². The van der Waals surface area contributed by atoms with E-state index in [0.29, 0.717) is 25.1 Å². The average molecular weight is 441 g/mol. The quantitative estimate of drug-likeness (QED) is 0.307. The first-order valence-electron chi connectivity index (χ1n) is 10.4. The van der Waals surface area contributed by atoms with Gasteiger partial charge < -0.3 is 14.5 Å². The van der Waals surface area contributed by atoms with Crippen LogP contribution in [-0.4, -0.2) is 28.5 Å². The second kappa shape index (κ2) is 9.67. The molecule has 32 heavy (non-hydrogen) atoms. The van der Waals surface area contributed by atoms with Crippen LogP contribution in [0.5, 0.6) is 5.75 Å². The van der Waals surface area contributed by atoms with E-state index >= 15 is 0 Å². The minimum absolute atomic E-state index is 0.0817. The number of hydrogen-bond donors (Lipinski definition) is 1. The number of nitrogens with zero attached hydrogens (tertiary/aromatic N) is 2. The normalized spacial score (nSPS) is 11.5. The SMILES string of the molecule is CC(C)(C)c1ccc(OCCNC(=O)CCCn2c(=O)oc3cc([N+](=O)[O-])ccc32)cc1. The number of aryl methyl sites for hydroxylation is 1. The van der Waals surface area contributed by atoms with Crippen molar-refractivity contribution in [2.24, 2.45) is 0 Å². The van der Waals surface area contributed by atoms with Crippen molar-refractivity contribution >= 4 is 22.7 Å². The van der Waals surface area contributed by atoms with Gasteiger partial charge in [0, 0.05) is 19.0 Å². The molecule has 1 aromatic heterocycles. The summed E-state index contributed by atoms with van der Waals surface area (Å²) in [7, 11) is 0. The summed E-state index contributed by atoms with van der Waals surface area (Å²) in [6.45, 7) is 7.44. The van der Waals surface area contributed by atoms with E-state index in [-0.39, 0.29) is 35.6 Å². The van der Waals surface area contributed by atoms with Crippen molar-refractivity contribution in [1.82, 2.24) is 9.88 Å². The minimum atomic E-state index is -0.605. The molecular formula is C23H27N3O6. The zero-order chi connectivity index (χ0) is 23.3. The zero-order valence-electron chi connectivity index (χ0n) is 18.4. The maximum Gasteiger partial charge on any atom is 0.419 e. The predicted octanol–water partition coefficient (Wildman–Crippen LogP) is 3.78. The molecule has 9 heteroatoms. The minimum Gasteiger partial charge on any atom is -0.492 e. The molecule has 0 saturated carbocycles. The third-order valence-electron chi connectivity index (χ3n) is 5.06. The van der Waals surface area contributed by atoms with E-state index in [1.165, 1.54) is 28.3 Å². The Balaban J connectivity index is 1.41. The number of carbonyl (C=O) groups excluding carboxylic acids is 1. The van der Waals surface area contributed by atoms with E-state index in [1.54, 1.807) is 0 Å². The lowest BCUT2D eigenvalue weighted by Gasteiger charge is -2.19. The molecule has 3 aromatic rings. The number of aromatic nitrogens is 1. The average Bonchev–Trinajstić information content (AvgIpc) is 3.05. The van der Waals surface area contributed by atoms with Crippen molar-refractivity contribution in [2.75, 3.05) is 13.2 Å². The van der Waals surface area contributed by atoms with Gasteiger partial charge in [-0.1, -0.05) is 32.9 Å². The summed E-state index contributed by atoms with van der Waals surface area (Å²) in [5, 5.41) is 13.6. The Labute approximate surface area is 185 Å². The molecule has 0 unspecified atom stereocenters. The van der Waals surface area contributed by atoms with Crippen LogP contribution in [0.4, 0.5) is 5.69 Å². The van der Waals surface area contributed by atoms with Gasteiger partial charge >= 0.3 is 5.76 Å². The molecule has 0 aliphatic carbocycles. The summed E-state index contributed by atoms with van der Waals surface area (Å²) in [6, 6.07) is 11.9. The molecular weight excluding hydrogens is 414 g/mol. The van der Waals surface area contributed by atoms with Crippen LogP contribution >= 0.6 is 0 Å². The van der Waals surface area contributed by atoms with Crippen LogP contribution in [0.3, 0.4) is 0 Å². The van der Waals surface area contributed by atoms with Gasteiger partial charge in [0.15, 0.2) is 5.58 Å². The van der Waals surface area contributed by atoms with Crippen LogP contribution in [0.1, 0.15) is 39.2 Å². The van der Waals surface area contributed by atoms with Crippen LogP contribution in [0, 0.1) is 10.1 Å². The Hall–Kier alpha value is -3.62. The molecule has 0 aliphatic rings. The van der Waals surface area contributed by atoms with Gasteiger partial charge in [0.05, 0.1) is 23.1 Å². The van der Waals surface area contributed by atoms with Gasteiger partial charge in [0.1, 0.15) is 12.4 Å². The molecule has 0 atom stereocenters. The van der Waals surface area contributed by atoms with Crippen LogP contribution in [0.2, 0.25) is 0 Å². The van der Waals surface area contributed by atoms with Crippen molar-refractivity contribution < 1.29 is 18.9 Å². The summed E-state index contributed by atoms with van der Waals surface area (Å²) in [6.07, 6.45) is 0.652. The first kappa shape index (κ1) is 23.1. The van der Waals surface area contributed by atoms with Crippen molar-refractivity contribution in [3.63, 3.8) is 0 Å². The van der Waals surface area contributed by atoms with Gasteiger partial charge in [-0.3, -0.25) is 19.5 Å². The maximum atomic E-state index is 12.1. The van der Waals surface area contributed by atoms with E-state index in [9.17, 15) is 19.7 Å². The third-order valence-corrected chi connectivity index (χ3v) is 5.06. The van der Waals surface area contributed by atoms with E-state index in [0.717, 1.165) is 5.75 Å². The molecule has 1 amide bonds. The van der Waals surface area contributed by atoms with Crippen LogP contribution in [0.25, 0.3) is 11.1 Å². The van der Waals surface area contributed by atoms with Crippen molar-refractivity contribution in [1.29, 1.82) is 0 Å². The number of nitro benzene ring substituents is 1. The number of fused-ring (bicyclic) bond motifs is 1. The molecule has 1 N–H and O–H groups in total. The summed E-state index contributed by atoms with van der Waals surface area (Å²) in [5.41, 5.74) is 1.78. The number of nitro groups is 1. The number of nitrogens with one attached hydrogen (secondary N) is 1. The number of amides is 1. The monoisotopic (exact) mass is 441 g/mol. The first-order chi connectivity index (χ1) is 15.1. The lowest BCUT2D eigenvalue weighted by molar-refractivity contribution is -0.384. The molecule has 2 aromatic carbocycles. The number of ether oxygens (including phenoxy) is 1. The van der Waals surface area contributed by atoms with Crippen molar-refractivity contribution in [3.05, 3.63) is 68.7 Å². The topological polar surface area (TPSA) is 117 Å². The highest BCUT2D eigenvalue weighted by Crippen LogP contribution is 2.24. The standard InChI is InChI=1S/C23H27N3O6/c1-23(2,3)16-6-9-18(10-7-16)31-14-12-24-21(27)5-4-13-25-19-11-8-17(26(29)30)15-20(19)32-22(25)28/h6-11,15H,4-5,12-14H2,1-3H3,(H,24,27). The molecule has 0 aliphatic heterocycles. The number of hydrogen-bond acceptors (Lipinski definition) is 6. The molecule has 170 valence electrons. The van der Waals surface area contributed by atoms with E-state index in [1.807, 2.05) is 24.3 Å². The maximum absolute atomic E-state index is 12.1. The van der Waals surface area contributed by atoms with Gasteiger partial charge in [-0.2, -0.15) is 0 Å². The molecule has 0 saturated heterocycles. The van der Waals surface area contributed by atoms with Gasteiger partial charge in [-0.05, 0) is 35.6 Å². The smallest absolute Gasteiger partial charge is 0.419 e. The Kier molecular flexibility index (Phi) is 6.97. The molecule has 9 nitrogen and oxygen atoms in total. The molecule has 0 spiro atoms. The van der Waals surface area contributed by atoms with Crippen LogP contribution < -0.4 is 15.8 Å². The van der Waals surface area contributed by atoms with E-state index < -0.39 is 10.7 Å². The molecule has 0 fully saturated rings. The molecule has 3 rings (SSSR count). The molecule has 1 heterocycles. The molecule has 0 bridgehead atoms. The van der Waals surface area contributed by atoms with Gasteiger partial charge in [-0.25, -0.2) is 4.79 Å². The van der Waals surface area contributed by atoms with Crippen LogP contribution in [0.15, 0.2) is 51.7 Å². The lowest BCUT2D eigenvalue weighted by Crippen LogP contribution is -2.28. The highest BCUT2D eigenvalue weighted by molar-refractivity contribution is 5.76. The molecule has 0 radical (unpaired) electrons. The lowest BCUT2D eigenvalue weighted by atomic mass is 9.87. The van der Waals surface area contributed by atoms with Gasteiger partial charge in [0.2, 0.25) is 5.91 Å². The van der Waals surface area contributed by atoms with Gasteiger partial charge in [-0.15, -0.1) is 0 Å². The third kappa shape index (κ3) is 5.75. The summed E-state index contributed by atoms with van der Waals surface area (Å²) in [5.74, 6) is -0.00125. The first-order valence-corrected chi connectivity index (χ1v) is 10.4. The predicted molar refractivity (Wildman–Crippen MR) is 120 cm³/mol. The fourth-order valence-corrected chi connectivity index (χ4v) is 3.28. The van der Waals surface area contributed by atoms with E-state index in [4.69, 9.17) is 9.15 Å². The van der Waals surface area contributed by atoms with Crippen molar-refractivity contribution in [3.8, 4) is 5.75 Å². The Morgan fingerprint density at radius 1 is 1.19 bits per heavy atom. The summed E-state index contributed by atoms with van der Waals surface area (Å²) < 4.78 is 12.1. The second-order valence-corrected chi connectivity index (χ2v) is 8.51. The highest BCUT2D eigenvalue weighted by atomic mass is 16.6. The Morgan fingerprint density at radius 3 is 2.56 bits per heavy atom. The fraction of sp³-hybridized carbons (Fsp3) is 0.391. The Morgan fingerprint density at radius 2 is 1.91 bits per heavy atom. The summed E-state index contributed by atoms with van der Waals surface area (Å²) in [4.78, 5) is 34.4. The fourth-order valence-electron chi connectivity index (χ4n) is 3.28. The Bertz CT molecular complexity index is 1160. The summed E-state index contributed by atoms with van der Waals surface area (Å²) >= 11 is 0. The largest absolute Gasteiger partial charge is 0.492 e. The van der Waals surface area contributed by atoms with Crippen molar-refractivity contribution in [2.45, 2.75) is 45.6 Å². The van der Waals surface area contributed by atoms with Gasteiger partial charge in [0.25, 0.3) is 5.69 Å². The number of non-ortho nitro benzene ring substituents is 1.